The molecule has 0 spiro atoms. The van der Waals surface area contributed by atoms with Gasteiger partial charge in [0, 0.05) is 5.69 Å². The van der Waals surface area contributed by atoms with Crippen LogP contribution < -0.4 is 10.2 Å². The summed E-state index contributed by atoms with van der Waals surface area (Å²) in [6.07, 6.45) is -4.56. The molecule has 1 unspecified atom stereocenters. The summed E-state index contributed by atoms with van der Waals surface area (Å²) in [7, 11) is 0. The molecule has 1 aliphatic heterocycles. The zero-order valence-electron chi connectivity index (χ0n) is 13.9. The number of para-hydroxylation sites is 1. The molecule has 0 radical (unpaired) electrons. The summed E-state index contributed by atoms with van der Waals surface area (Å²) < 4.78 is 39.3. The van der Waals surface area contributed by atoms with E-state index in [1.54, 1.807) is 18.2 Å². The summed E-state index contributed by atoms with van der Waals surface area (Å²) in [4.78, 5) is 25.9. The highest BCUT2D eigenvalue weighted by atomic mass is 32.2. The molecule has 3 rings (SSSR count). The highest BCUT2D eigenvalue weighted by Crippen LogP contribution is 2.38. The fourth-order valence-corrected chi connectivity index (χ4v) is 3.49. The quantitative estimate of drug-likeness (QED) is 0.818. The van der Waals surface area contributed by atoms with Gasteiger partial charge < -0.3 is 5.32 Å². The standard InChI is InChI=1S/C18H15F3N2O2S/c1-10-7-8-12(9-11(10)2)23-16(24)15(26-17(23)25)22-14-6-4-3-5-13(14)18(19,20)21/h3-9,15,22H,1-2H3. The molecule has 0 aromatic heterocycles. The molecule has 1 fully saturated rings. The molecule has 1 aliphatic rings. The van der Waals surface area contributed by atoms with Crippen LogP contribution in [0.15, 0.2) is 42.5 Å². The Labute approximate surface area is 152 Å². The van der Waals surface area contributed by atoms with Crippen molar-refractivity contribution in [2.75, 3.05) is 10.2 Å². The lowest BCUT2D eigenvalue weighted by Crippen LogP contribution is -2.34. The van der Waals surface area contributed by atoms with Crippen molar-refractivity contribution in [1.29, 1.82) is 0 Å². The number of hydrogen-bond donors (Lipinski definition) is 1. The van der Waals surface area contributed by atoms with Gasteiger partial charge in [0.05, 0.1) is 11.3 Å². The van der Waals surface area contributed by atoms with Gasteiger partial charge in [-0.3, -0.25) is 9.59 Å². The molecule has 1 heterocycles. The number of nitrogens with one attached hydrogen (secondary N) is 1. The average Bonchev–Trinajstić information content (AvgIpc) is 2.84. The lowest BCUT2D eigenvalue weighted by Gasteiger charge is -2.18. The number of amides is 2. The molecule has 8 heteroatoms. The van der Waals surface area contributed by atoms with Crippen molar-refractivity contribution in [3.8, 4) is 0 Å². The van der Waals surface area contributed by atoms with Gasteiger partial charge in [0.1, 0.15) is 0 Å². The topological polar surface area (TPSA) is 49.4 Å². The van der Waals surface area contributed by atoms with Gasteiger partial charge in [-0.25, -0.2) is 4.90 Å². The Kier molecular flexibility index (Phi) is 4.70. The van der Waals surface area contributed by atoms with Crippen molar-refractivity contribution in [3.05, 3.63) is 59.2 Å². The van der Waals surface area contributed by atoms with E-state index in [9.17, 15) is 22.8 Å². The summed E-state index contributed by atoms with van der Waals surface area (Å²) in [5.74, 6) is -0.597. The molecule has 2 aromatic carbocycles. The van der Waals surface area contributed by atoms with Gasteiger partial charge in [-0.2, -0.15) is 13.2 Å². The monoisotopic (exact) mass is 380 g/mol. The Hall–Kier alpha value is -2.48. The number of thioether (sulfide) groups is 1. The Morgan fingerprint density at radius 3 is 2.38 bits per heavy atom. The maximum Gasteiger partial charge on any atom is 0.418 e. The van der Waals surface area contributed by atoms with Gasteiger partial charge in [0.25, 0.3) is 11.1 Å². The minimum atomic E-state index is -4.56. The summed E-state index contributed by atoms with van der Waals surface area (Å²) in [6.45, 7) is 3.76. The molecule has 0 bridgehead atoms. The molecule has 1 saturated heterocycles. The first-order valence-electron chi connectivity index (χ1n) is 7.73. The number of rotatable bonds is 3. The number of benzene rings is 2. The van der Waals surface area contributed by atoms with Crippen molar-refractivity contribution in [3.63, 3.8) is 0 Å². The third-order valence-electron chi connectivity index (χ3n) is 4.11. The van der Waals surface area contributed by atoms with Crippen LogP contribution in [-0.2, 0) is 11.0 Å². The molecule has 4 nitrogen and oxygen atoms in total. The summed E-state index contributed by atoms with van der Waals surface area (Å²) in [5.41, 5.74) is 1.20. The van der Waals surface area contributed by atoms with Crippen LogP contribution in [0, 0.1) is 13.8 Å². The molecule has 1 atom stereocenters. The number of carbonyl (C=O) groups is 2. The van der Waals surface area contributed by atoms with Gasteiger partial charge in [0.2, 0.25) is 0 Å². The molecule has 2 amide bonds. The van der Waals surface area contributed by atoms with Crippen molar-refractivity contribution >= 4 is 34.3 Å². The van der Waals surface area contributed by atoms with Gasteiger partial charge in [0.15, 0.2) is 5.37 Å². The van der Waals surface area contributed by atoms with Crippen LogP contribution in [0.25, 0.3) is 0 Å². The van der Waals surface area contributed by atoms with E-state index in [4.69, 9.17) is 0 Å². The van der Waals surface area contributed by atoms with E-state index >= 15 is 0 Å². The Bertz CT molecular complexity index is 883. The SMILES string of the molecule is Cc1ccc(N2C(=O)SC(Nc3ccccc3C(F)(F)F)C2=O)cc1C. The zero-order valence-corrected chi connectivity index (χ0v) is 14.7. The van der Waals surface area contributed by atoms with E-state index in [1.807, 2.05) is 13.8 Å². The fraction of sp³-hybridized carbons (Fsp3) is 0.222. The van der Waals surface area contributed by atoms with Crippen molar-refractivity contribution in [2.45, 2.75) is 25.4 Å². The molecule has 2 aromatic rings. The van der Waals surface area contributed by atoms with Gasteiger partial charge in [-0.1, -0.05) is 18.2 Å². The Balaban J connectivity index is 1.87. The van der Waals surface area contributed by atoms with Gasteiger partial charge in [-0.05, 0) is 61.0 Å². The number of anilines is 2. The normalized spacial score (nSPS) is 17.7. The van der Waals surface area contributed by atoms with Crippen LogP contribution in [0.2, 0.25) is 0 Å². The van der Waals surface area contributed by atoms with Crippen LogP contribution in [0.1, 0.15) is 16.7 Å². The minimum absolute atomic E-state index is 0.236. The average molecular weight is 380 g/mol. The maximum atomic E-state index is 13.1. The number of halogens is 3. The second-order valence-corrected chi connectivity index (χ2v) is 6.95. The lowest BCUT2D eigenvalue weighted by molar-refractivity contribution is -0.137. The predicted octanol–water partition coefficient (Wildman–Crippen LogP) is 4.96. The van der Waals surface area contributed by atoms with Crippen LogP contribution >= 0.6 is 11.8 Å². The minimum Gasteiger partial charge on any atom is -0.365 e. The molecule has 0 saturated carbocycles. The molecular formula is C18H15F3N2O2S. The summed E-state index contributed by atoms with van der Waals surface area (Å²) in [5, 5.41) is 0.907. The van der Waals surface area contributed by atoms with Crippen LogP contribution in [0.4, 0.5) is 29.3 Å². The predicted molar refractivity (Wildman–Crippen MR) is 95.2 cm³/mol. The largest absolute Gasteiger partial charge is 0.418 e. The highest BCUT2D eigenvalue weighted by molar-refractivity contribution is 8.16. The van der Waals surface area contributed by atoms with Crippen LogP contribution in [0.5, 0.6) is 0 Å². The van der Waals surface area contributed by atoms with Crippen LogP contribution in [0.3, 0.4) is 0 Å². The van der Waals surface area contributed by atoms with E-state index in [1.165, 1.54) is 18.2 Å². The summed E-state index contributed by atoms with van der Waals surface area (Å²) >= 11 is 0.660. The number of imide groups is 1. The fourth-order valence-electron chi connectivity index (χ4n) is 2.60. The second kappa shape index (κ2) is 6.68. The van der Waals surface area contributed by atoms with E-state index in [-0.39, 0.29) is 5.69 Å². The Morgan fingerprint density at radius 1 is 1.04 bits per heavy atom. The Morgan fingerprint density at radius 2 is 1.73 bits per heavy atom. The van der Waals surface area contributed by atoms with Gasteiger partial charge >= 0.3 is 6.18 Å². The number of aryl methyl sites for hydroxylation is 2. The maximum absolute atomic E-state index is 13.1. The first kappa shape index (κ1) is 18.3. The third kappa shape index (κ3) is 3.41. The molecule has 1 N–H and O–H groups in total. The highest BCUT2D eigenvalue weighted by Gasteiger charge is 2.42. The lowest BCUT2D eigenvalue weighted by atomic mass is 10.1. The van der Waals surface area contributed by atoms with E-state index in [2.05, 4.69) is 5.32 Å². The van der Waals surface area contributed by atoms with E-state index < -0.39 is 28.3 Å². The number of hydrogen-bond acceptors (Lipinski definition) is 4. The van der Waals surface area contributed by atoms with Crippen molar-refractivity contribution < 1.29 is 22.8 Å². The van der Waals surface area contributed by atoms with Crippen molar-refractivity contribution in [1.82, 2.24) is 0 Å². The molecule has 26 heavy (non-hydrogen) atoms. The smallest absolute Gasteiger partial charge is 0.365 e. The van der Waals surface area contributed by atoms with Crippen LogP contribution in [-0.4, -0.2) is 16.5 Å². The van der Waals surface area contributed by atoms with Gasteiger partial charge in [-0.15, -0.1) is 0 Å². The van der Waals surface area contributed by atoms with Crippen molar-refractivity contribution in [2.24, 2.45) is 0 Å². The molecular weight excluding hydrogens is 365 g/mol. The molecule has 0 aliphatic carbocycles. The first-order valence-corrected chi connectivity index (χ1v) is 8.61. The number of alkyl halides is 3. The second-order valence-electron chi connectivity index (χ2n) is 5.89. The number of carbonyl (C=O) groups excluding carboxylic acids is 2. The first-order chi connectivity index (χ1) is 12.2. The summed E-state index contributed by atoms with van der Waals surface area (Å²) in [6, 6.07) is 10.0. The van der Waals surface area contributed by atoms with E-state index in [0.29, 0.717) is 17.4 Å². The number of nitrogens with zero attached hydrogens (tertiary/aromatic N) is 1. The van der Waals surface area contributed by atoms with E-state index in [0.717, 1.165) is 22.1 Å². The molecule has 136 valence electrons. The third-order valence-corrected chi connectivity index (χ3v) is 5.05. The zero-order chi connectivity index (χ0) is 19.1.